The van der Waals surface area contributed by atoms with E-state index in [-0.39, 0.29) is 29.8 Å². The Bertz CT molecular complexity index is 1600. The zero-order valence-electron chi connectivity index (χ0n) is 26.2. The van der Waals surface area contributed by atoms with Crippen molar-refractivity contribution in [1.29, 1.82) is 5.41 Å². The van der Waals surface area contributed by atoms with Crippen LogP contribution in [0.2, 0.25) is 0 Å². The molecule has 0 aliphatic heterocycles. The van der Waals surface area contributed by atoms with Gasteiger partial charge in [-0.25, -0.2) is 19.6 Å². The van der Waals surface area contributed by atoms with Crippen molar-refractivity contribution in [3.05, 3.63) is 59.4 Å². The number of carboxylic acids is 2. The number of anilines is 1. The first kappa shape index (κ1) is 39.8. The molecule has 4 rings (SSSR count). The lowest BCUT2D eigenvalue weighted by Crippen LogP contribution is -2.50. The number of guanidine groups is 1. The van der Waals surface area contributed by atoms with Gasteiger partial charge in [0.1, 0.15) is 11.6 Å². The lowest BCUT2D eigenvalue weighted by atomic mass is 9.90. The summed E-state index contributed by atoms with van der Waals surface area (Å²) >= 11 is 0. The summed E-state index contributed by atoms with van der Waals surface area (Å²) in [4.78, 5) is 40.0. The van der Waals surface area contributed by atoms with Gasteiger partial charge >= 0.3 is 24.3 Å². The second kappa shape index (κ2) is 17.7. The van der Waals surface area contributed by atoms with E-state index in [4.69, 9.17) is 35.7 Å². The van der Waals surface area contributed by atoms with Crippen molar-refractivity contribution < 1.29 is 55.7 Å². The van der Waals surface area contributed by atoms with Gasteiger partial charge in [-0.05, 0) is 49.9 Å². The minimum atomic E-state index is -5.08. The second-order valence-electron chi connectivity index (χ2n) is 10.5. The molecule has 8 N–H and O–H groups in total. The molecule has 0 spiro atoms. The third-order valence-electron chi connectivity index (χ3n) is 6.84. The Morgan fingerprint density at radius 1 is 0.959 bits per heavy atom. The van der Waals surface area contributed by atoms with E-state index in [0.717, 1.165) is 47.9 Å². The summed E-state index contributed by atoms with van der Waals surface area (Å²) in [5.74, 6) is -4.34. The molecule has 0 saturated heterocycles. The number of alkyl halides is 6. The Kier molecular flexibility index (Phi) is 14.4. The number of amides is 1. The molecule has 1 aliphatic rings. The Morgan fingerprint density at radius 2 is 1.53 bits per heavy atom. The van der Waals surface area contributed by atoms with E-state index in [2.05, 4.69) is 25.9 Å². The zero-order chi connectivity index (χ0) is 36.9. The number of nitrogens with zero attached hydrogens (tertiary/aromatic N) is 2. The Morgan fingerprint density at radius 3 is 2.08 bits per heavy atom. The average Bonchev–Trinajstić information content (AvgIpc) is 3.01. The third-order valence-corrected chi connectivity index (χ3v) is 6.84. The largest absolute Gasteiger partial charge is 0.496 e. The smallest absolute Gasteiger partial charge is 0.490 e. The molecule has 1 saturated carbocycles. The molecular formula is C30H35F6N7O6. The maximum Gasteiger partial charge on any atom is 0.490 e. The molecule has 0 bridgehead atoms. The van der Waals surface area contributed by atoms with E-state index in [0.29, 0.717) is 24.3 Å². The predicted octanol–water partition coefficient (Wildman–Crippen LogP) is 4.39. The molecule has 2 aromatic carbocycles. The van der Waals surface area contributed by atoms with E-state index in [1.807, 2.05) is 49.4 Å². The number of fused-ring (bicyclic) bond motifs is 1. The summed E-state index contributed by atoms with van der Waals surface area (Å²) in [5.41, 5.74) is 8.43. The van der Waals surface area contributed by atoms with Crippen LogP contribution in [-0.4, -0.2) is 82.1 Å². The predicted molar refractivity (Wildman–Crippen MR) is 165 cm³/mol. The molecule has 1 fully saturated rings. The standard InChI is InChI=1S/C26H33N7O2.2C2HF3O2/c1-16-11-12-19-18(15-16)23(31-20-8-4-5-9-21(20)32-26(27)28)33-24(30-19)25(34)29-14-13-17-7-3-6-10-22(17)35-2;2*3-2(4,5)1(6)7/h3,6-7,10-12,15,20-21H,4-5,8-9,13-14H2,1-2H3,(H,29,34)(H4,27,28,32)(H,30,31,33);2*(H,6,7). The van der Waals surface area contributed by atoms with E-state index in [9.17, 15) is 31.1 Å². The normalized spacial score (nSPS) is 15.8. The van der Waals surface area contributed by atoms with Gasteiger partial charge in [0.05, 0.1) is 12.6 Å². The van der Waals surface area contributed by atoms with Crippen LogP contribution in [0.25, 0.3) is 10.9 Å². The van der Waals surface area contributed by atoms with Crippen molar-refractivity contribution in [3.8, 4) is 5.75 Å². The monoisotopic (exact) mass is 703 g/mol. The Balaban J connectivity index is 0.000000500. The number of aromatic nitrogens is 2. The van der Waals surface area contributed by atoms with Crippen molar-refractivity contribution in [2.45, 2.75) is 63.5 Å². The average molecular weight is 704 g/mol. The number of hydrogen-bond donors (Lipinski definition) is 7. The Labute approximate surface area is 275 Å². The number of para-hydroxylation sites is 1. The van der Waals surface area contributed by atoms with Gasteiger partial charge in [0, 0.05) is 24.0 Å². The van der Waals surface area contributed by atoms with Gasteiger partial charge in [-0.1, -0.05) is 42.7 Å². The SMILES string of the molecule is COc1ccccc1CCNC(=O)c1nc(NC2CCCCC2NC(=N)N)c2cc(C)ccc2n1.O=C(O)C(F)(F)F.O=C(O)C(F)(F)F. The van der Waals surface area contributed by atoms with Crippen molar-refractivity contribution in [3.63, 3.8) is 0 Å². The molecule has 1 amide bonds. The van der Waals surface area contributed by atoms with Gasteiger partial charge in [-0.15, -0.1) is 0 Å². The fourth-order valence-electron chi connectivity index (χ4n) is 4.60. The van der Waals surface area contributed by atoms with Crippen LogP contribution in [0.1, 0.15) is 47.4 Å². The fraction of sp³-hybridized carbons (Fsp3) is 0.400. The van der Waals surface area contributed by atoms with Gasteiger partial charge in [0.25, 0.3) is 5.91 Å². The summed E-state index contributed by atoms with van der Waals surface area (Å²) in [6.07, 6.45) is -5.55. The number of aliphatic carboxylic acids is 2. The van der Waals surface area contributed by atoms with Crippen molar-refractivity contribution in [2.75, 3.05) is 19.0 Å². The van der Waals surface area contributed by atoms with Crippen LogP contribution >= 0.6 is 0 Å². The summed E-state index contributed by atoms with van der Waals surface area (Å²) in [7, 11) is 1.64. The first-order valence-electron chi connectivity index (χ1n) is 14.5. The highest BCUT2D eigenvalue weighted by Crippen LogP contribution is 2.27. The summed E-state index contributed by atoms with van der Waals surface area (Å²) < 4.78 is 68.9. The van der Waals surface area contributed by atoms with E-state index in [1.165, 1.54) is 0 Å². The number of methoxy groups -OCH3 is 1. The highest BCUT2D eigenvalue weighted by molar-refractivity contribution is 5.96. The quantitative estimate of drug-likeness (QED) is 0.0993. The molecule has 13 nitrogen and oxygen atoms in total. The first-order valence-corrected chi connectivity index (χ1v) is 14.5. The number of carbonyl (C=O) groups excluding carboxylic acids is 1. The molecule has 49 heavy (non-hydrogen) atoms. The van der Waals surface area contributed by atoms with Crippen LogP contribution in [0, 0.1) is 12.3 Å². The maximum absolute atomic E-state index is 13.0. The number of aryl methyl sites for hydroxylation is 1. The molecule has 2 unspecified atom stereocenters. The molecule has 19 heteroatoms. The number of hydrogen-bond acceptors (Lipinski definition) is 8. The highest BCUT2D eigenvalue weighted by atomic mass is 19.4. The number of carboxylic acid groups (broad SMARTS) is 2. The van der Waals surface area contributed by atoms with Gasteiger partial charge in [0.15, 0.2) is 5.96 Å². The van der Waals surface area contributed by atoms with Crippen LogP contribution in [0.4, 0.5) is 32.2 Å². The molecule has 3 aromatic rings. The number of rotatable bonds is 8. The molecule has 1 heterocycles. The number of benzene rings is 2. The van der Waals surface area contributed by atoms with Gasteiger partial charge in [-0.3, -0.25) is 10.2 Å². The van der Waals surface area contributed by atoms with E-state index in [1.54, 1.807) is 7.11 Å². The molecule has 1 aromatic heterocycles. The van der Waals surface area contributed by atoms with E-state index >= 15 is 0 Å². The third kappa shape index (κ3) is 13.0. The number of halogens is 6. The number of ether oxygens (including phenoxy) is 1. The molecular weight excluding hydrogens is 668 g/mol. The van der Waals surface area contributed by atoms with Gasteiger partial charge in [-0.2, -0.15) is 26.3 Å². The topological polar surface area (TPSA) is 213 Å². The van der Waals surface area contributed by atoms with Crippen LogP contribution in [0.3, 0.4) is 0 Å². The van der Waals surface area contributed by atoms with Gasteiger partial charge in [0.2, 0.25) is 5.82 Å². The lowest BCUT2D eigenvalue weighted by Gasteiger charge is -2.33. The van der Waals surface area contributed by atoms with Crippen LogP contribution < -0.4 is 26.4 Å². The van der Waals surface area contributed by atoms with Gasteiger partial charge < -0.3 is 36.6 Å². The summed E-state index contributed by atoms with van der Waals surface area (Å²) in [6.45, 7) is 2.45. The molecule has 0 radical (unpaired) electrons. The molecule has 2 atom stereocenters. The zero-order valence-corrected chi connectivity index (χ0v) is 26.2. The number of carbonyl (C=O) groups is 3. The number of nitrogens with one attached hydrogen (secondary N) is 4. The lowest BCUT2D eigenvalue weighted by molar-refractivity contribution is -0.193. The highest BCUT2D eigenvalue weighted by Gasteiger charge is 2.39. The Hall–Kier alpha value is -5.36. The van der Waals surface area contributed by atoms with Crippen LogP contribution in [0.15, 0.2) is 42.5 Å². The number of nitrogens with two attached hydrogens (primary N) is 1. The van der Waals surface area contributed by atoms with Crippen LogP contribution in [0.5, 0.6) is 5.75 Å². The minimum Gasteiger partial charge on any atom is -0.496 e. The first-order chi connectivity index (χ1) is 22.8. The van der Waals surface area contributed by atoms with Crippen molar-refractivity contribution in [2.24, 2.45) is 5.73 Å². The van der Waals surface area contributed by atoms with E-state index < -0.39 is 24.3 Å². The fourth-order valence-corrected chi connectivity index (χ4v) is 4.60. The molecule has 268 valence electrons. The summed E-state index contributed by atoms with van der Waals surface area (Å²) in [6, 6.07) is 13.7. The van der Waals surface area contributed by atoms with Crippen LogP contribution in [-0.2, 0) is 16.0 Å². The maximum atomic E-state index is 13.0. The van der Waals surface area contributed by atoms with Crippen molar-refractivity contribution >= 4 is 40.5 Å². The molecule has 1 aliphatic carbocycles. The minimum absolute atomic E-state index is 0.0224. The summed E-state index contributed by atoms with van der Waals surface area (Å²) in [5, 5.41) is 32.3. The second-order valence-corrected chi connectivity index (χ2v) is 10.5. The van der Waals surface area contributed by atoms with Crippen molar-refractivity contribution in [1.82, 2.24) is 20.6 Å².